The second kappa shape index (κ2) is 7.74. The van der Waals surface area contributed by atoms with Crippen LogP contribution in [0.4, 0.5) is 4.39 Å². The molecule has 0 spiro atoms. The smallest absolute Gasteiger partial charge is 0.260 e. The first kappa shape index (κ1) is 17.7. The van der Waals surface area contributed by atoms with E-state index in [1.807, 2.05) is 6.92 Å². The second-order valence-corrected chi connectivity index (χ2v) is 7.43. The third-order valence-electron chi connectivity index (χ3n) is 3.62. The van der Waals surface area contributed by atoms with Gasteiger partial charge in [0.15, 0.2) is 6.61 Å². The zero-order valence-corrected chi connectivity index (χ0v) is 13.9. The number of halogens is 1. The molecule has 1 aliphatic rings. The fourth-order valence-electron chi connectivity index (χ4n) is 2.37. The number of sulfonamides is 1. The van der Waals surface area contributed by atoms with Gasteiger partial charge in [0.1, 0.15) is 11.6 Å². The zero-order valence-electron chi connectivity index (χ0n) is 13.1. The summed E-state index contributed by atoms with van der Waals surface area (Å²) in [5.41, 5.74) is 0. The minimum absolute atomic E-state index is 0.134. The molecule has 1 aliphatic heterocycles. The van der Waals surface area contributed by atoms with Gasteiger partial charge in [-0.25, -0.2) is 12.8 Å². The van der Waals surface area contributed by atoms with Crippen molar-refractivity contribution in [3.05, 3.63) is 30.1 Å². The van der Waals surface area contributed by atoms with Gasteiger partial charge in [-0.2, -0.15) is 4.31 Å². The van der Waals surface area contributed by atoms with Crippen LogP contribution in [0.2, 0.25) is 0 Å². The summed E-state index contributed by atoms with van der Waals surface area (Å²) in [6, 6.07) is 5.43. The van der Waals surface area contributed by atoms with Crippen molar-refractivity contribution in [2.45, 2.75) is 13.3 Å². The van der Waals surface area contributed by atoms with E-state index in [0.717, 1.165) is 0 Å². The lowest BCUT2D eigenvalue weighted by atomic mass is 10.3. The molecule has 1 amide bonds. The Balaban J connectivity index is 1.80. The molecule has 1 fully saturated rings. The van der Waals surface area contributed by atoms with Crippen molar-refractivity contribution >= 4 is 15.9 Å². The molecule has 8 heteroatoms. The highest BCUT2D eigenvalue weighted by molar-refractivity contribution is 7.89. The summed E-state index contributed by atoms with van der Waals surface area (Å²) < 4.78 is 43.5. The molecule has 0 radical (unpaired) electrons. The van der Waals surface area contributed by atoms with Gasteiger partial charge >= 0.3 is 0 Å². The lowest BCUT2D eigenvalue weighted by molar-refractivity contribution is -0.134. The summed E-state index contributed by atoms with van der Waals surface area (Å²) in [6.07, 6.45) is 0.576. The maximum Gasteiger partial charge on any atom is 0.260 e. The number of carbonyl (C=O) groups excluding carboxylic acids is 1. The molecule has 0 unspecified atom stereocenters. The molecule has 1 saturated heterocycles. The van der Waals surface area contributed by atoms with Gasteiger partial charge in [-0.05, 0) is 30.7 Å². The standard InChI is InChI=1S/C15H21FN2O4S/c1-2-11-23(20,21)18-9-7-17(8-10-18)15(19)12-22-14-5-3-13(16)4-6-14/h3-6H,2,7-12H2,1H3. The van der Waals surface area contributed by atoms with Crippen LogP contribution >= 0.6 is 0 Å². The van der Waals surface area contributed by atoms with Gasteiger partial charge in [0.05, 0.1) is 5.75 Å². The van der Waals surface area contributed by atoms with E-state index in [1.165, 1.54) is 28.6 Å². The third-order valence-corrected chi connectivity index (χ3v) is 5.70. The maximum atomic E-state index is 12.8. The number of hydrogen-bond acceptors (Lipinski definition) is 4. The van der Waals surface area contributed by atoms with E-state index in [2.05, 4.69) is 0 Å². The number of benzene rings is 1. The summed E-state index contributed by atoms with van der Waals surface area (Å²) in [5.74, 6) is -0.0203. The number of hydrogen-bond donors (Lipinski definition) is 0. The summed E-state index contributed by atoms with van der Waals surface area (Å²) >= 11 is 0. The van der Waals surface area contributed by atoms with Crippen molar-refractivity contribution in [1.82, 2.24) is 9.21 Å². The van der Waals surface area contributed by atoms with E-state index in [0.29, 0.717) is 38.3 Å². The monoisotopic (exact) mass is 344 g/mol. The van der Waals surface area contributed by atoms with Crippen molar-refractivity contribution in [3.8, 4) is 5.75 Å². The first-order valence-electron chi connectivity index (χ1n) is 7.56. The van der Waals surface area contributed by atoms with Crippen LogP contribution in [-0.4, -0.2) is 62.1 Å². The van der Waals surface area contributed by atoms with Gasteiger partial charge in [0, 0.05) is 26.2 Å². The highest BCUT2D eigenvalue weighted by Crippen LogP contribution is 2.12. The molecule has 6 nitrogen and oxygen atoms in total. The molecule has 1 heterocycles. The van der Waals surface area contributed by atoms with Gasteiger partial charge in [-0.15, -0.1) is 0 Å². The normalized spacial score (nSPS) is 16.3. The Labute approximate surface area is 135 Å². The fourth-order valence-corrected chi connectivity index (χ4v) is 3.86. The van der Waals surface area contributed by atoms with E-state index in [-0.39, 0.29) is 24.1 Å². The molecule has 0 aliphatic carbocycles. The molecule has 0 bridgehead atoms. The number of amides is 1. The van der Waals surface area contributed by atoms with E-state index < -0.39 is 10.0 Å². The Morgan fingerprint density at radius 2 is 1.78 bits per heavy atom. The minimum atomic E-state index is -3.21. The molecule has 0 atom stereocenters. The topological polar surface area (TPSA) is 66.9 Å². The van der Waals surface area contributed by atoms with Gasteiger partial charge in [-0.3, -0.25) is 4.79 Å². The molecule has 0 saturated carbocycles. The van der Waals surface area contributed by atoms with Crippen LogP contribution in [0.15, 0.2) is 24.3 Å². The van der Waals surface area contributed by atoms with Crippen molar-refractivity contribution in [3.63, 3.8) is 0 Å². The van der Waals surface area contributed by atoms with Crippen LogP contribution in [-0.2, 0) is 14.8 Å². The van der Waals surface area contributed by atoms with Crippen LogP contribution in [0.3, 0.4) is 0 Å². The SMILES string of the molecule is CCCS(=O)(=O)N1CCN(C(=O)COc2ccc(F)cc2)CC1. The van der Waals surface area contributed by atoms with Crippen molar-refractivity contribution in [1.29, 1.82) is 0 Å². The molecule has 128 valence electrons. The molecular formula is C15H21FN2O4S. The largest absolute Gasteiger partial charge is 0.484 e. The molecule has 0 N–H and O–H groups in total. The molecule has 2 rings (SSSR count). The fraction of sp³-hybridized carbons (Fsp3) is 0.533. The Hall–Kier alpha value is -1.67. The second-order valence-electron chi connectivity index (χ2n) is 5.34. The van der Waals surface area contributed by atoms with Crippen molar-refractivity contribution < 1.29 is 22.3 Å². The Kier molecular flexibility index (Phi) is 5.95. The summed E-state index contributed by atoms with van der Waals surface area (Å²) in [4.78, 5) is 13.7. The number of carbonyl (C=O) groups is 1. The number of nitrogens with zero attached hydrogens (tertiary/aromatic N) is 2. The molecule has 23 heavy (non-hydrogen) atoms. The van der Waals surface area contributed by atoms with E-state index in [1.54, 1.807) is 4.90 Å². The Morgan fingerprint density at radius 3 is 2.35 bits per heavy atom. The van der Waals surface area contributed by atoms with Crippen LogP contribution in [0.25, 0.3) is 0 Å². The van der Waals surface area contributed by atoms with E-state index in [9.17, 15) is 17.6 Å². The summed E-state index contributed by atoms with van der Waals surface area (Å²) in [5, 5.41) is 0. The van der Waals surface area contributed by atoms with Gasteiger partial charge < -0.3 is 9.64 Å². The van der Waals surface area contributed by atoms with Gasteiger partial charge in [-0.1, -0.05) is 6.92 Å². The Morgan fingerprint density at radius 1 is 1.17 bits per heavy atom. The zero-order chi connectivity index (χ0) is 16.9. The average Bonchev–Trinajstić information content (AvgIpc) is 2.54. The average molecular weight is 344 g/mol. The van der Waals surface area contributed by atoms with Gasteiger partial charge in [0.2, 0.25) is 10.0 Å². The van der Waals surface area contributed by atoms with Crippen molar-refractivity contribution in [2.24, 2.45) is 0 Å². The first-order valence-corrected chi connectivity index (χ1v) is 9.17. The van der Waals surface area contributed by atoms with E-state index in [4.69, 9.17) is 4.74 Å². The molecule has 1 aromatic rings. The van der Waals surface area contributed by atoms with Crippen LogP contribution in [0.1, 0.15) is 13.3 Å². The quantitative estimate of drug-likeness (QED) is 0.775. The lowest BCUT2D eigenvalue weighted by Gasteiger charge is -2.33. The summed E-state index contributed by atoms with van der Waals surface area (Å²) in [6.45, 7) is 3.01. The maximum absolute atomic E-state index is 12.8. The van der Waals surface area contributed by atoms with Crippen molar-refractivity contribution in [2.75, 3.05) is 38.5 Å². The highest BCUT2D eigenvalue weighted by Gasteiger charge is 2.28. The number of ether oxygens (including phenoxy) is 1. The van der Waals surface area contributed by atoms with Crippen LogP contribution in [0.5, 0.6) is 5.75 Å². The van der Waals surface area contributed by atoms with Gasteiger partial charge in [0.25, 0.3) is 5.91 Å². The lowest BCUT2D eigenvalue weighted by Crippen LogP contribution is -2.52. The summed E-state index contributed by atoms with van der Waals surface area (Å²) in [7, 11) is -3.21. The molecular weight excluding hydrogens is 323 g/mol. The number of rotatable bonds is 6. The highest BCUT2D eigenvalue weighted by atomic mass is 32.2. The first-order chi connectivity index (χ1) is 10.9. The minimum Gasteiger partial charge on any atom is -0.484 e. The predicted octanol–water partition coefficient (Wildman–Crippen LogP) is 1.09. The molecule has 1 aromatic carbocycles. The number of piperazine rings is 1. The predicted molar refractivity (Wildman–Crippen MR) is 84.1 cm³/mol. The Bertz CT molecular complexity index is 625. The van der Waals surface area contributed by atoms with Crippen LogP contribution < -0.4 is 4.74 Å². The van der Waals surface area contributed by atoms with Crippen LogP contribution in [0, 0.1) is 5.82 Å². The van der Waals surface area contributed by atoms with E-state index >= 15 is 0 Å². The molecule has 0 aromatic heterocycles. The third kappa shape index (κ3) is 4.90.